The molecule has 1 N–H and O–H groups in total. The topological polar surface area (TPSA) is 51.2 Å². The maximum atomic E-state index is 11.1. The van der Waals surface area contributed by atoms with Crippen LogP contribution in [0.15, 0.2) is 18.5 Å². The molecular formula is C10H12N2O2. The van der Waals surface area contributed by atoms with Crippen LogP contribution < -0.4 is 5.32 Å². The number of aryl methyl sites for hydroxylation is 1. The molecule has 2 rings (SSSR count). The van der Waals surface area contributed by atoms with Gasteiger partial charge in [-0.05, 0) is 24.1 Å². The van der Waals surface area contributed by atoms with Gasteiger partial charge in [0.1, 0.15) is 6.61 Å². The summed E-state index contributed by atoms with van der Waals surface area (Å²) in [6.45, 7) is 2.68. The predicted molar refractivity (Wildman–Crippen MR) is 50.7 cm³/mol. The highest BCUT2D eigenvalue weighted by Gasteiger charge is 2.21. The fourth-order valence-electron chi connectivity index (χ4n) is 1.59. The van der Waals surface area contributed by atoms with E-state index < -0.39 is 0 Å². The fraction of sp³-hybridized carbons (Fsp3) is 0.400. The van der Waals surface area contributed by atoms with Gasteiger partial charge in [0.25, 0.3) is 0 Å². The van der Waals surface area contributed by atoms with E-state index in [2.05, 4.69) is 10.3 Å². The second kappa shape index (κ2) is 3.75. The minimum atomic E-state index is -0.0579. The van der Waals surface area contributed by atoms with Crippen molar-refractivity contribution in [2.75, 3.05) is 13.2 Å². The van der Waals surface area contributed by atoms with E-state index in [0.717, 1.165) is 11.1 Å². The number of aromatic nitrogens is 1. The van der Waals surface area contributed by atoms with Gasteiger partial charge in [0.15, 0.2) is 0 Å². The van der Waals surface area contributed by atoms with Gasteiger partial charge >= 0.3 is 0 Å². The van der Waals surface area contributed by atoms with Crippen LogP contribution in [0.5, 0.6) is 0 Å². The van der Waals surface area contributed by atoms with Crippen molar-refractivity contribution in [3.8, 4) is 0 Å². The Hall–Kier alpha value is -1.42. The van der Waals surface area contributed by atoms with Gasteiger partial charge in [-0.25, -0.2) is 0 Å². The third-order valence-electron chi connectivity index (χ3n) is 2.29. The highest BCUT2D eigenvalue weighted by Crippen LogP contribution is 2.18. The summed E-state index contributed by atoms with van der Waals surface area (Å²) in [4.78, 5) is 15.1. The zero-order chi connectivity index (χ0) is 9.97. The molecule has 1 aromatic heterocycles. The summed E-state index contributed by atoms with van der Waals surface area (Å²) in [5.74, 6) is -0.0579. The van der Waals surface area contributed by atoms with Crippen LogP contribution in [0.2, 0.25) is 0 Å². The Morgan fingerprint density at radius 2 is 2.50 bits per heavy atom. The van der Waals surface area contributed by atoms with Crippen molar-refractivity contribution in [1.82, 2.24) is 10.3 Å². The Morgan fingerprint density at radius 3 is 3.21 bits per heavy atom. The zero-order valence-corrected chi connectivity index (χ0v) is 7.99. The minimum Gasteiger partial charge on any atom is -0.369 e. The molecule has 74 valence electrons. The van der Waals surface area contributed by atoms with Crippen molar-refractivity contribution in [2.45, 2.75) is 13.0 Å². The number of amides is 1. The minimum absolute atomic E-state index is 0.0285. The van der Waals surface area contributed by atoms with Gasteiger partial charge in [-0.3, -0.25) is 9.78 Å². The van der Waals surface area contributed by atoms with Gasteiger partial charge in [-0.15, -0.1) is 0 Å². The van der Waals surface area contributed by atoms with Crippen molar-refractivity contribution in [1.29, 1.82) is 0 Å². The normalized spacial score (nSPS) is 21.8. The molecule has 0 bridgehead atoms. The van der Waals surface area contributed by atoms with E-state index in [1.54, 1.807) is 12.4 Å². The van der Waals surface area contributed by atoms with Crippen LogP contribution in [0.4, 0.5) is 0 Å². The summed E-state index contributed by atoms with van der Waals surface area (Å²) in [7, 11) is 0. The molecule has 1 fully saturated rings. The Labute approximate surface area is 82.3 Å². The van der Waals surface area contributed by atoms with E-state index in [0.29, 0.717) is 6.61 Å². The van der Waals surface area contributed by atoms with Crippen LogP contribution >= 0.6 is 0 Å². The van der Waals surface area contributed by atoms with Crippen molar-refractivity contribution in [3.63, 3.8) is 0 Å². The lowest BCUT2D eigenvalue weighted by molar-refractivity contribution is -0.131. The quantitative estimate of drug-likeness (QED) is 0.708. The van der Waals surface area contributed by atoms with Gasteiger partial charge in [-0.2, -0.15) is 0 Å². The molecule has 4 heteroatoms. The number of carbonyl (C=O) groups excluding carboxylic acids is 1. The first-order chi connectivity index (χ1) is 6.77. The molecule has 1 aromatic rings. The number of rotatable bonds is 1. The smallest absolute Gasteiger partial charge is 0.246 e. The van der Waals surface area contributed by atoms with Crippen LogP contribution in [0.3, 0.4) is 0 Å². The highest BCUT2D eigenvalue weighted by atomic mass is 16.5. The fourth-order valence-corrected chi connectivity index (χ4v) is 1.59. The summed E-state index contributed by atoms with van der Waals surface area (Å²) >= 11 is 0. The van der Waals surface area contributed by atoms with Gasteiger partial charge in [0.05, 0.1) is 12.6 Å². The van der Waals surface area contributed by atoms with Crippen LogP contribution in [0.25, 0.3) is 0 Å². The largest absolute Gasteiger partial charge is 0.369 e. The first-order valence-corrected chi connectivity index (χ1v) is 4.55. The first-order valence-electron chi connectivity index (χ1n) is 4.55. The Kier molecular flexibility index (Phi) is 2.45. The van der Waals surface area contributed by atoms with Crippen LogP contribution in [0, 0.1) is 6.92 Å². The lowest BCUT2D eigenvalue weighted by Crippen LogP contribution is -2.40. The van der Waals surface area contributed by atoms with Crippen LogP contribution in [0.1, 0.15) is 17.2 Å². The molecule has 1 amide bonds. The van der Waals surface area contributed by atoms with E-state index in [9.17, 15) is 4.79 Å². The molecule has 0 spiro atoms. The summed E-state index contributed by atoms with van der Waals surface area (Å²) in [6, 6.07) is 1.88. The number of hydrogen-bond acceptors (Lipinski definition) is 3. The molecule has 2 heterocycles. The molecule has 4 nitrogen and oxygen atoms in total. The number of nitrogens with one attached hydrogen (secondary N) is 1. The van der Waals surface area contributed by atoms with Gasteiger partial charge in [-0.1, -0.05) is 0 Å². The molecular weight excluding hydrogens is 180 g/mol. The van der Waals surface area contributed by atoms with E-state index in [1.807, 2.05) is 13.0 Å². The molecule has 1 saturated heterocycles. The molecule has 0 saturated carbocycles. The van der Waals surface area contributed by atoms with Gasteiger partial charge in [0, 0.05) is 12.4 Å². The van der Waals surface area contributed by atoms with Crippen molar-refractivity contribution >= 4 is 5.91 Å². The lowest BCUT2D eigenvalue weighted by atomic mass is 10.0. The van der Waals surface area contributed by atoms with Crippen molar-refractivity contribution in [2.24, 2.45) is 0 Å². The summed E-state index contributed by atoms with van der Waals surface area (Å²) in [5, 5.41) is 2.88. The number of nitrogens with zero attached hydrogens (tertiary/aromatic N) is 1. The van der Waals surface area contributed by atoms with Crippen LogP contribution in [-0.2, 0) is 9.53 Å². The number of morpholine rings is 1. The highest BCUT2D eigenvalue weighted by molar-refractivity contribution is 5.78. The average Bonchev–Trinajstić information content (AvgIpc) is 2.18. The zero-order valence-electron chi connectivity index (χ0n) is 7.99. The van der Waals surface area contributed by atoms with E-state index in [4.69, 9.17) is 4.74 Å². The third kappa shape index (κ3) is 1.75. The SMILES string of the molecule is Cc1cnccc1[C@@H]1COCC(=O)N1. The number of carbonyl (C=O) groups is 1. The Morgan fingerprint density at radius 1 is 1.64 bits per heavy atom. The standard InChI is InChI=1S/C10H12N2O2/c1-7-4-11-3-2-8(7)9-5-14-6-10(13)12-9/h2-4,9H,5-6H2,1H3,(H,12,13)/t9-/m0/s1. The maximum Gasteiger partial charge on any atom is 0.246 e. The molecule has 1 atom stereocenters. The summed E-state index contributed by atoms with van der Waals surface area (Å²) in [6.07, 6.45) is 3.51. The summed E-state index contributed by atoms with van der Waals surface area (Å²) in [5.41, 5.74) is 2.15. The number of pyridine rings is 1. The molecule has 1 aliphatic heterocycles. The second-order valence-corrected chi connectivity index (χ2v) is 3.37. The van der Waals surface area contributed by atoms with Gasteiger partial charge < -0.3 is 10.1 Å². The van der Waals surface area contributed by atoms with E-state index >= 15 is 0 Å². The van der Waals surface area contributed by atoms with Crippen molar-refractivity contribution < 1.29 is 9.53 Å². The molecule has 1 aliphatic rings. The third-order valence-corrected chi connectivity index (χ3v) is 2.29. The second-order valence-electron chi connectivity index (χ2n) is 3.37. The predicted octanol–water partition coefficient (Wildman–Crippen LogP) is 0.578. The number of ether oxygens (including phenoxy) is 1. The molecule has 0 radical (unpaired) electrons. The molecule has 0 aliphatic carbocycles. The van der Waals surface area contributed by atoms with E-state index in [-0.39, 0.29) is 18.6 Å². The number of hydrogen-bond donors (Lipinski definition) is 1. The van der Waals surface area contributed by atoms with Crippen molar-refractivity contribution in [3.05, 3.63) is 29.6 Å². The first kappa shape index (κ1) is 9.15. The Balaban J connectivity index is 2.22. The van der Waals surface area contributed by atoms with E-state index in [1.165, 1.54) is 0 Å². The van der Waals surface area contributed by atoms with Crippen LogP contribution in [-0.4, -0.2) is 24.1 Å². The molecule has 0 aromatic carbocycles. The van der Waals surface area contributed by atoms with Gasteiger partial charge in [0.2, 0.25) is 5.91 Å². The lowest BCUT2D eigenvalue weighted by Gasteiger charge is -2.24. The average molecular weight is 192 g/mol. The summed E-state index contributed by atoms with van der Waals surface area (Å²) < 4.78 is 5.17. The molecule has 14 heavy (non-hydrogen) atoms. The maximum absolute atomic E-state index is 11.1. The monoisotopic (exact) mass is 192 g/mol. The Bertz CT molecular complexity index is 352. The molecule has 0 unspecified atom stereocenters.